The first-order valence-corrected chi connectivity index (χ1v) is 20.9. The normalized spacial score (nSPS) is 7.54. The van der Waals surface area contributed by atoms with Gasteiger partial charge in [0, 0.05) is 31.9 Å². The molecular formula is C27H45I2N5O4V. The van der Waals surface area contributed by atoms with E-state index >= 15 is 0 Å². The summed E-state index contributed by atoms with van der Waals surface area (Å²) in [6.45, 7) is 12.0. The molecule has 221 valence electrons. The van der Waals surface area contributed by atoms with Crippen LogP contribution in [0.2, 0.25) is 0 Å². The monoisotopic (exact) mass is 808 g/mol. The number of benzene rings is 3. The zero-order valence-electron chi connectivity index (χ0n) is 23.3. The van der Waals surface area contributed by atoms with E-state index in [1.54, 1.807) is 37.4 Å². The molecule has 0 spiro atoms. The topological polar surface area (TPSA) is 136 Å². The first-order valence-electron chi connectivity index (χ1n) is 11.9. The molecule has 0 aliphatic rings. The number of para-hydroxylation sites is 5. The molecule has 0 bridgehead atoms. The average molecular weight is 808 g/mol. The van der Waals surface area contributed by atoms with Crippen LogP contribution >= 0.6 is 40.0 Å². The van der Waals surface area contributed by atoms with E-state index in [9.17, 15) is 20.2 Å². The van der Waals surface area contributed by atoms with Crippen molar-refractivity contribution in [2.75, 3.05) is 30.5 Å². The van der Waals surface area contributed by atoms with E-state index in [1.807, 2.05) is 78.9 Å². The van der Waals surface area contributed by atoms with Crippen molar-refractivity contribution in [3.63, 3.8) is 0 Å². The van der Waals surface area contributed by atoms with E-state index in [4.69, 9.17) is 5.73 Å². The van der Waals surface area contributed by atoms with Crippen LogP contribution in [0.4, 0.5) is 28.4 Å². The predicted octanol–water partition coefficient (Wildman–Crippen LogP) is 10.0. The summed E-state index contributed by atoms with van der Waals surface area (Å²) in [6.07, 6.45) is 0. The zero-order valence-corrected chi connectivity index (χ0v) is 29.0. The van der Waals surface area contributed by atoms with Crippen molar-refractivity contribution in [2.45, 2.75) is 49.0 Å². The van der Waals surface area contributed by atoms with Crippen molar-refractivity contribution in [1.29, 1.82) is 0 Å². The molecule has 0 atom stereocenters. The molecule has 0 radical (unpaired) electrons. The average Bonchev–Trinajstić information content (AvgIpc) is 2.98. The van der Waals surface area contributed by atoms with Gasteiger partial charge in [-0.05, 0) is 24.3 Å². The summed E-state index contributed by atoms with van der Waals surface area (Å²) in [4.78, 5) is 19.6. The fourth-order valence-electron chi connectivity index (χ4n) is 2.10. The number of nitro groups is 2. The van der Waals surface area contributed by atoms with Gasteiger partial charge in [0.2, 0.25) is 0 Å². The van der Waals surface area contributed by atoms with Crippen LogP contribution in [0, 0.1) is 20.2 Å². The third kappa shape index (κ3) is 25.9. The van der Waals surface area contributed by atoms with Crippen LogP contribution in [-0.2, 0) is 9.47 Å². The van der Waals surface area contributed by atoms with E-state index in [1.165, 1.54) is 18.2 Å². The minimum atomic E-state index is -0.505. The van der Waals surface area contributed by atoms with Gasteiger partial charge in [-0.25, -0.2) is 0 Å². The molecule has 3 aromatic carbocycles. The number of nitrogens with zero attached hydrogens (tertiary/aromatic N) is 2. The molecule has 9 nitrogen and oxygen atoms in total. The molecule has 4 N–H and O–H groups in total. The van der Waals surface area contributed by atoms with Gasteiger partial charge in [-0.3, -0.25) is 20.2 Å². The van der Waals surface area contributed by atoms with Gasteiger partial charge in [0.05, 0.1) is 9.85 Å². The van der Waals surface area contributed by atoms with Gasteiger partial charge in [-0.2, -0.15) is 0 Å². The van der Waals surface area contributed by atoms with Gasteiger partial charge in [-0.15, -0.1) is 0 Å². The van der Waals surface area contributed by atoms with Gasteiger partial charge in [0.25, 0.3) is 11.4 Å². The first-order chi connectivity index (χ1) is 18.3. The number of halogens is 2. The summed E-state index contributed by atoms with van der Waals surface area (Å²) in [6, 6.07) is 22.7. The second kappa shape index (κ2) is 35.9. The molecule has 3 aromatic rings. The van der Waals surface area contributed by atoms with E-state index in [-0.39, 0.29) is 24.5 Å². The van der Waals surface area contributed by atoms with Gasteiger partial charge in [0.1, 0.15) is 11.4 Å². The number of rotatable bonds is 4. The van der Waals surface area contributed by atoms with E-state index in [0.717, 1.165) is 5.69 Å². The summed E-state index contributed by atoms with van der Waals surface area (Å²) < 4.78 is 0. The van der Waals surface area contributed by atoms with Crippen LogP contribution in [0.5, 0.6) is 0 Å². The SMILES string of the molecule is C.CC.CC.CC.CNc1ccccc1.CNc1ccccc1[N+](=O)[O-].Nc1ccccc1[N+](=O)[O-].[I][V][I]. The van der Waals surface area contributed by atoms with Crippen molar-refractivity contribution >= 4 is 68.4 Å². The molecule has 0 fully saturated rings. The van der Waals surface area contributed by atoms with Gasteiger partial charge >= 0.3 is 49.4 Å². The fraction of sp³-hybridized carbons (Fsp3) is 0.333. The second-order valence-electron chi connectivity index (χ2n) is 5.52. The first kappa shape index (κ1) is 46.7. The van der Waals surface area contributed by atoms with Gasteiger partial charge in [-0.1, -0.05) is 91.4 Å². The fourth-order valence-corrected chi connectivity index (χ4v) is 2.10. The number of nitro benzene ring substituents is 2. The molecule has 39 heavy (non-hydrogen) atoms. The Morgan fingerprint density at radius 1 is 0.667 bits per heavy atom. The molecule has 0 unspecified atom stereocenters. The van der Waals surface area contributed by atoms with E-state index < -0.39 is 9.85 Å². The summed E-state index contributed by atoms with van der Waals surface area (Å²) in [5.41, 5.74) is 7.25. The van der Waals surface area contributed by atoms with Crippen molar-refractivity contribution < 1.29 is 19.3 Å². The van der Waals surface area contributed by atoms with Crippen LogP contribution in [0.25, 0.3) is 0 Å². The molecule has 3 rings (SSSR count). The Kier molecular flexibility index (Phi) is 43.0. The molecular weight excluding hydrogens is 763 g/mol. The van der Waals surface area contributed by atoms with Crippen molar-refractivity contribution in [3.05, 3.63) is 99.1 Å². The Morgan fingerprint density at radius 2 is 1.03 bits per heavy atom. The van der Waals surface area contributed by atoms with E-state index in [0.29, 0.717) is 15.2 Å². The molecule has 0 aliphatic heterocycles. The van der Waals surface area contributed by atoms with Crippen molar-refractivity contribution in [2.24, 2.45) is 0 Å². The van der Waals surface area contributed by atoms with Gasteiger partial charge in [0.15, 0.2) is 0 Å². The number of hydrogen-bond acceptors (Lipinski definition) is 7. The summed E-state index contributed by atoms with van der Waals surface area (Å²) in [5, 5.41) is 26.3. The minimum absolute atomic E-state index is 0. The molecule has 0 saturated heterocycles. The Hall–Kier alpha value is -2.10. The number of nitrogens with two attached hydrogens (primary N) is 1. The Balaban J connectivity index is -0.000000128. The molecule has 12 heteroatoms. The maximum absolute atomic E-state index is 10.3. The number of anilines is 3. The van der Waals surface area contributed by atoms with Crippen LogP contribution in [-0.4, -0.2) is 23.9 Å². The van der Waals surface area contributed by atoms with E-state index in [2.05, 4.69) is 50.6 Å². The Bertz CT molecular complexity index is 956. The van der Waals surface area contributed by atoms with Crippen LogP contribution in [0.3, 0.4) is 0 Å². The molecule has 0 aliphatic carbocycles. The third-order valence-corrected chi connectivity index (χ3v) is 3.57. The molecule has 0 amide bonds. The predicted molar refractivity (Wildman–Crippen MR) is 185 cm³/mol. The Morgan fingerprint density at radius 3 is 1.31 bits per heavy atom. The quantitative estimate of drug-likeness (QED) is 0.103. The number of hydrogen-bond donors (Lipinski definition) is 3. The Labute approximate surface area is 264 Å². The molecule has 0 aromatic heterocycles. The number of nitrogens with one attached hydrogen (secondary N) is 2. The van der Waals surface area contributed by atoms with Gasteiger partial charge < -0.3 is 16.4 Å². The maximum atomic E-state index is 10.3. The van der Waals surface area contributed by atoms with Crippen molar-refractivity contribution in [1.82, 2.24) is 0 Å². The standard InChI is InChI=1S/C7H8N2O2.C7H9N.C6H6N2O2.3C2H6.CH4.2HI.V/c1-8-6-4-2-3-5-7(6)9(10)11;1-8-7-5-3-2-4-6-7;7-5-3-1-2-4-6(5)8(9)10;3*1-2;;;;/h2-5,8H,1H3;2-6,8H,1H3;1-4H,7H2;3*1-2H3;1H4;2*1H;/q;;;;;;;;;+2/p-2. The second-order valence-corrected chi connectivity index (χ2v) is 17.3. The molecule has 0 saturated carbocycles. The zero-order chi connectivity index (χ0) is 30.4. The van der Waals surface area contributed by atoms with Crippen molar-refractivity contribution in [3.8, 4) is 0 Å². The number of nitrogen functional groups attached to an aromatic ring is 1. The summed E-state index contributed by atoms with van der Waals surface area (Å²) >= 11 is 4.74. The molecule has 0 heterocycles. The third-order valence-electron chi connectivity index (χ3n) is 3.57. The van der Waals surface area contributed by atoms with Crippen LogP contribution in [0.15, 0.2) is 78.9 Å². The van der Waals surface area contributed by atoms with Crippen LogP contribution in [0.1, 0.15) is 49.0 Å². The van der Waals surface area contributed by atoms with Crippen LogP contribution < -0.4 is 16.4 Å². The summed E-state index contributed by atoms with van der Waals surface area (Å²) in [7, 11) is 4.19. The summed E-state index contributed by atoms with van der Waals surface area (Å²) in [5.74, 6) is 0.